The Hall–Kier alpha value is -1.16. The van der Waals surface area contributed by atoms with Gasteiger partial charge in [-0.1, -0.05) is 13.8 Å². The lowest BCUT2D eigenvalue weighted by Gasteiger charge is -2.21. The van der Waals surface area contributed by atoms with Crippen LogP contribution >= 0.6 is 11.3 Å². The number of fused-ring (bicyclic) bond motifs is 3. The lowest BCUT2D eigenvalue weighted by molar-refractivity contribution is 0.680. The second-order valence-electron chi connectivity index (χ2n) is 6.80. The fourth-order valence-corrected chi connectivity index (χ4v) is 4.98. The van der Waals surface area contributed by atoms with Crippen molar-refractivity contribution >= 4 is 27.4 Å². The number of anilines is 1. The molecule has 4 rings (SSSR count). The summed E-state index contributed by atoms with van der Waals surface area (Å²) in [7, 11) is 0. The van der Waals surface area contributed by atoms with Crippen molar-refractivity contribution in [3.05, 3.63) is 16.3 Å². The van der Waals surface area contributed by atoms with Crippen LogP contribution in [0.4, 0.5) is 5.82 Å². The highest BCUT2D eigenvalue weighted by Crippen LogP contribution is 2.41. The van der Waals surface area contributed by atoms with Crippen LogP contribution in [0.1, 0.15) is 68.1 Å². The third kappa shape index (κ3) is 2.32. The standard InChI is InChI=1S/C18H25N3S/c1-3-12(2)16-19-17(21-10-6-7-11-21)15-13-8-4-5-9-14(13)22-18(15)20-16/h12H,3-11H2,1-2H3. The molecule has 0 N–H and O–H groups in total. The van der Waals surface area contributed by atoms with Crippen molar-refractivity contribution in [1.29, 1.82) is 0 Å². The highest BCUT2D eigenvalue weighted by Gasteiger charge is 2.25. The van der Waals surface area contributed by atoms with E-state index in [-0.39, 0.29) is 0 Å². The van der Waals surface area contributed by atoms with Crippen molar-refractivity contribution < 1.29 is 0 Å². The molecule has 1 atom stereocenters. The Morgan fingerprint density at radius 2 is 1.86 bits per heavy atom. The van der Waals surface area contributed by atoms with Crippen LogP contribution in [0, 0.1) is 0 Å². The number of rotatable bonds is 3. The Bertz CT molecular complexity index is 685. The Morgan fingerprint density at radius 3 is 2.64 bits per heavy atom. The first kappa shape index (κ1) is 14.4. The highest BCUT2D eigenvalue weighted by atomic mass is 32.1. The van der Waals surface area contributed by atoms with Crippen LogP contribution < -0.4 is 4.90 Å². The molecule has 0 bridgehead atoms. The Balaban J connectivity index is 1.92. The maximum atomic E-state index is 5.06. The van der Waals surface area contributed by atoms with Gasteiger partial charge in [-0.3, -0.25) is 0 Å². The molecule has 0 aromatic carbocycles. The molecule has 2 aromatic heterocycles. The van der Waals surface area contributed by atoms with E-state index >= 15 is 0 Å². The van der Waals surface area contributed by atoms with Crippen molar-refractivity contribution in [2.45, 2.75) is 64.7 Å². The number of hydrogen-bond acceptors (Lipinski definition) is 4. The molecule has 1 saturated heterocycles. The van der Waals surface area contributed by atoms with Gasteiger partial charge >= 0.3 is 0 Å². The Labute approximate surface area is 136 Å². The predicted octanol–water partition coefficient (Wildman–Crippen LogP) is 4.68. The number of thiophene rings is 1. The molecule has 22 heavy (non-hydrogen) atoms. The molecule has 0 saturated carbocycles. The summed E-state index contributed by atoms with van der Waals surface area (Å²) in [6.07, 6.45) is 8.84. The van der Waals surface area contributed by atoms with Crippen LogP contribution in [-0.4, -0.2) is 23.1 Å². The van der Waals surface area contributed by atoms with Gasteiger partial charge in [-0.15, -0.1) is 11.3 Å². The Morgan fingerprint density at radius 1 is 1.09 bits per heavy atom. The molecular weight excluding hydrogens is 290 g/mol. The zero-order valence-electron chi connectivity index (χ0n) is 13.7. The van der Waals surface area contributed by atoms with Crippen LogP contribution in [0.15, 0.2) is 0 Å². The van der Waals surface area contributed by atoms with E-state index in [2.05, 4.69) is 18.7 Å². The van der Waals surface area contributed by atoms with Gasteiger partial charge in [0.05, 0.1) is 5.39 Å². The van der Waals surface area contributed by atoms with Crippen molar-refractivity contribution in [3.63, 3.8) is 0 Å². The summed E-state index contributed by atoms with van der Waals surface area (Å²) in [5, 5.41) is 1.40. The van der Waals surface area contributed by atoms with Crippen molar-refractivity contribution in [2.24, 2.45) is 0 Å². The number of hydrogen-bond donors (Lipinski definition) is 0. The molecule has 2 aromatic rings. The zero-order valence-corrected chi connectivity index (χ0v) is 14.5. The second kappa shape index (κ2) is 5.80. The fraction of sp³-hybridized carbons (Fsp3) is 0.667. The highest BCUT2D eigenvalue weighted by molar-refractivity contribution is 7.19. The minimum absolute atomic E-state index is 0.449. The molecule has 1 aliphatic carbocycles. The van der Waals surface area contributed by atoms with E-state index in [4.69, 9.17) is 9.97 Å². The van der Waals surface area contributed by atoms with Crippen LogP contribution in [0.2, 0.25) is 0 Å². The summed E-state index contributed by atoms with van der Waals surface area (Å²) in [5.74, 6) is 2.75. The summed E-state index contributed by atoms with van der Waals surface area (Å²) in [5.41, 5.74) is 1.57. The normalized spacial score (nSPS) is 19.6. The summed E-state index contributed by atoms with van der Waals surface area (Å²) in [4.78, 5) is 15.4. The van der Waals surface area contributed by atoms with Crippen molar-refractivity contribution in [3.8, 4) is 0 Å². The second-order valence-corrected chi connectivity index (χ2v) is 7.88. The maximum absolute atomic E-state index is 5.06. The van der Waals surface area contributed by atoms with Gasteiger partial charge in [0.2, 0.25) is 0 Å². The zero-order chi connectivity index (χ0) is 15.1. The molecule has 1 aliphatic heterocycles. The summed E-state index contributed by atoms with van der Waals surface area (Å²) in [6, 6.07) is 0. The average molecular weight is 315 g/mol. The Kier molecular flexibility index (Phi) is 3.81. The molecule has 0 spiro atoms. The first-order valence-electron chi connectivity index (χ1n) is 8.85. The minimum Gasteiger partial charge on any atom is -0.356 e. The van der Waals surface area contributed by atoms with Crippen molar-refractivity contribution in [1.82, 2.24) is 9.97 Å². The first-order chi connectivity index (χ1) is 10.8. The SMILES string of the molecule is CCC(C)c1nc(N2CCCC2)c2c3c(sc2n1)CCCC3. The lowest BCUT2D eigenvalue weighted by Crippen LogP contribution is -2.21. The van der Waals surface area contributed by atoms with Gasteiger partial charge in [0.25, 0.3) is 0 Å². The van der Waals surface area contributed by atoms with Gasteiger partial charge in [-0.05, 0) is 50.5 Å². The lowest BCUT2D eigenvalue weighted by atomic mass is 9.96. The van der Waals surface area contributed by atoms with Gasteiger partial charge in [0.15, 0.2) is 0 Å². The number of nitrogens with zero attached hydrogens (tertiary/aromatic N) is 3. The number of aryl methyl sites for hydroxylation is 2. The van der Waals surface area contributed by atoms with Crippen LogP contribution in [-0.2, 0) is 12.8 Å². The summed E-state index contributed by atoms with van der Waals surface area (Å²) < 4.78 is 0. The monoisotopic (exact) mass is 315 g/mol. The quantitative estimate of drug-likeness (QED) is 0.823. The molecule has 1 unspecified atom stereocenters. The molecule has 4 heteroatoms. The van der Waals surface area contributed by atoms with E-state index in [0.29, 0.717) is 5.92 Å². The van der Waals surface area contributed by atoms with Crippen LogP contribution in [0.3, 0.4) is 0 Å². The topological polar surface area (TPSA) is 29.0 Å². The molecule has 3 nitrogen and oxygen atoms in total. The van der Waals surface area contributed by atoms with E-state index in [1.807, 2.05) is 11.3 Å². The van der Waals surface area contributed by atoms with E-state index in [9.17, 15) is 0 Å². The van der Waals surface area contributed by atoms with E-state index in [1.54, 1.807) is 10.4 Å². The van der Waals surface area contributed by atoms with Gasteiger partial charge in [0.1, 0.15) is 16.5 Å². The molecule has 0 amide bonds. The van der Waals surface area contributed by atoms with Gasteiger partial charge in [-0.25, -0.2) is 9.97 Å². The van der Waals surface area contributed by atoms with E-state index in [1.165, 1.54) is 54.6 Å². The first-order valence-corrected chi connectivity index (χ1v) is 9.66. The predicted molar refractivity (Wildman–Crippen MR) is 94.2 cm³/mol. The summed E-state index contributed by atoms with van der Waals surface area (Å²) in [6.45, 7) is 6.81. The average Bonchev–Trinajstić information content (AvgIpc) is 3.20. The largest absolute Gasteiger partial charge is 0.356 e. The third-order valence-corrected chi connectivity index (χ3v) is 6.46. The molecule has 118 valence electrons. The van der Waals surface area contributed by atoms with Crippen LogP contribution in [0.25, 0.3) is 10.2 Å². The van der Waals surface area contributed by atoms with Gasteiger partial charge in [-0.2, -0.15) is 0 Å². The minimum atomic E-state index is 0.449. The fourth-order valence-electron chi connectivity index (χ4n) is 3.71. The maximum Gasteiger partial charge on any atom is 0.141 e. The molecule has 1 fully saturated rings. The van der Waals surface area contributed by atoms with Gasteiger partial charge in [0, 0.05) is 23.9 Å². The molecular formula is C18H25N3S. The third-order valence-electron chi connectivity index (χ3n) is 5.27. The summed E-state index contributed by atoms with van der Waals surface area (Å²) >= 11 is 1.94. The molecule has 2 aliphatic rings. The number of aromatic nitrogens is 2. The smallest absolute Gasteiger partial charge is 0.141 e. The van der Waals surface area contributed by atoms with E-state index < -0.39 is 0 Å². The van der Waals surface area contributed by atoms with Crippen LogP contribution in [0.5, 0.6) is 0 Å². The van der Waals surface area contributed by atoms with Crippen molar-refractivity contribution in [2.75, 3.05) is 18.0 Å². The molecule has 0 radical (unpaired) electrons. The molecule has 3 heterocycles. The van der Waals surface area contributed by atoms with E-state index in [0.717, 1.165) is 25.3 Å². The van der Waals surface area contributed by atoms with Gasteiger partial charge < -0.3 is 4.90 Å².